The maximum atomic E-state index is 15.1. The van der Waals surface area contributed by atoms with Crippen LogP contribution in [0.5, 0.6) is 28.7 Å². The third kappa shape index (κ3) is 34.1. The van der Waals surface area contributed by atoms with Crippen molar-refractivity contribution in [1.29, 1.82) is 0 Å². The van der Waals surface area contributed by atoms with E-state index in [0.29, 0.717) is 39.8 Å². The first-order valence-electron chi connectivity index (χ1n) is 42.1. The Morgan fingerprint density at radius 2 is 0.863 bits per heavy atom. The molecule has 1 N–H and O–H groups in total. The Hall–Kier alpha value is -7.51. The van der Waals surface area contributed by atoms with Crippen LogP contribution in [0.3, 0.4) is 0 Å². The molecule has 0 radical (unpaired) electrons. The largest absolute Gasteiger partial charge is 2.00 e. The monoisotopic (exact) mass is 2350 g/mol. The van der Waals surface area contributed by atoms with E-state index in [9.17, 15) is 68.4 Å². The third-order valence-electron chi connectivity index (χ3n) is 22.1. The molecular weight excluding hydrogens is 2250 g/mol. The summed E-state index contributed by atoms with van der Waals surface area (Å²) in [6, 6.07) is 41.7. The molecule has 3 atom stereocenters. The second-order valence-corrected chi connectivity index (χ2v) is 42.2. The number of nitrogens with zero attached hydrogens (tertiary/aromatic N) is 1. The van der Waals surface area contributed by atoms with E-state index in [1.54, 1.807) is 64.3 Å². The Morgan fingerprint density at radius 3 is 1.27 bits per heavy atom. The number of esters is 1. The molecule has 0 aliphatic carbocycles. The van der Waals surface area contributed by atoms with E-state index < -0.39 is 112 Å². The van der Waals surface area contributed by atoms with Crippen LogP contribution in [0.4, 0.5) is 39.5 Å². The van der Waals surface area contributed by atoms with Gasteiger partial charge in [-0.2, -0.15) is 18.2 Å². The summed E-state index contributed by atoms with van der Waals surface area (Å²) in [5, 5.41) is 10.2. The topological polar surface area (TPSA) is 238 Å². The maximum absolute atomic E-state index is 15.1. The number of aromatic nitrogens is 1. The average Bonchev–Trinajstić information content (AvgIpc) is 1.60. The summed E-state index contributed by atoms with van der Waals surface area (Å²) in [5.41, 5.74) is -2.09. The van der Waals surface area contributed by atoms with Gasteiger partial charge in [-0.3, -0.25) is 28.2 Å². The van der Waals surface area contributed by atoms with Gasteiger partial charge in [0.15, 0.2) is 75.7 Å². The van der Waals surface area contributed by atoms with Crippen LogP contribution in [-0.4, -0.2) is 167 Å². The number of ether oxygens (including phenoxy) is 6. The Kier molecular flexibility index (Phi) is 47.5. The molecule has 13 rings (SSSR count). The summed E-state index contributed by atoms with van der Waals surface area (Å²) in [7, 11) is 5.39. The number of aryl methyl sites for hydroxylation is 1. The van der Waals surface area contributed by atoms with Crippen LogP contribution in [-0.2, 0) is 55.3 Å². The smallest absolute Gasteiger partial charge is 1.00 e. The molecule has 1 unspecified atom stereocenters. The van der Waals surface area contributed by atoms with Crippen molar-refractivity contribution in [3.05, 3.63) is 312 Å². The number of pyridine rings is 1. The van der Waals surface area contributed by atoms with Crippen LogP contribution in [0.2, 0.25) is 0 Å². The summed E-state index contributed by atoms with van der Waals surface area (Å²) in [6.07, 6.45) is 0.983. The zero-order valence-corrected chi connectivity index (χ0v) is 92.9. The van der Waals surface area contributed by atoms with Crippen molar-refractivity contribution in [2.24, 2.45) is 7.05 Å². The van der Waals surface area contributed by atoms with Gasteiger partial charge < -0.3 is 83.0 Å². The molecule has 3 aliphatic rings. The number of carbonyl (C=O) groups excluding carboxylic acids is 4. The van der Waals surface area contributed by atoms with E-state index in [1.807, 2.05) is 104 Å². The van der Waals surface area contributed by atoms with Crippen molar-refractivity contribution in [3.8, 4) is 28.7 Å². The number of halogens is 15. The van der Waals surface area contributed by atoms with Crippen molar-refractivity contribution >= 4 is 164 Å². The molecule has 139 heavy (non-hydrogen) atoms. The van der Waals surface area contributed by atoms with Gasteiger partial charge >= 0.3 is 50.2 Å². The fraction of sp³-hybridized carbons (Fsp3) is 0.364. The Bertz CT molecular complexity index is 5830. The number of carbonyl (C=O) groups is 4. The molecule has 20 nitrogen and oxygen atoms in total. The van der Waals surface area contributed by atoms with E-state index >= 15 is 4.39 Å². The quantitative estimate of drug-likeness (QED) is 0.0198. The molecule has 3 fully saturated rings. The fourth-order valence-corrected chi connectivity index (χ4v) is 16.0. The predicted molar refractivity (Wildman–Crippen MR) is 535 cm³/mol. The molecule has 0 spiro atoms. The van der Waals surface area contributed by atoms with Crippen molar-refractivity contribution < 1.29 is 141 Å². The van der Waals surface area contributed by atoms with Gasteiger partial charge in [-0.25, -0.2) is 39.5 Å². The second kappa shape index (κ2) is 53.4. The minimum absolute atomic E-state index is 0. The van der Waals surface area contributed by atoms with Crippen molar-refractivity contribution in [2.75, 3.05) is 41.3 Å². The number of hydrogen-bond acceptors (Lipinski definition) is 19. The van der Waals surface area contributed by atoms with Crippen LogP contribution in [0.15, 0.2) is 203 Å². The van der Waals surface area contributed by atoms with E-state index in [-0.39, 0.29) is 171 Å². The van der Waals surface area contributed by atoms with Gasteiger partial charge in [0.25, 0.3) is 5.56 Å². The van der Waals surface area contributed by atoms with Crippen LogP contribution < -0.4 is 51.7 Å². The van der Waals surface area contributed by atoms with Crippen molar-refractivity contribution in [1.82, 2.24) is 4.57 Å². The van der Waals surface area contributed by atoms with E-state index in [1.165, 1.54) is 155 Å². The Labute approximate surface area is 878 Å². The standard InChI is InChI=1S/C20H21BF2O4.C18H28BrNO4S.C14H11BrF2O2.C14H9BrF2O2.C12H24B2O4.C8H6BrFO2.C7H6BrFO.C6H4F.BrH.Mg/c1-19(2)20(3,4)27-21(26-19)14-10-11-15(25-5)17(23)16(14)18(24)12-6-8-13(22)9-7-12;1-17(2,3)24-16(22)8-12(11-25(23)18(4,5)6)13-9-15(21)20(7)10-14(13)19;2*1-19-11-7-6-10(15)12(13(11)17)14(18)8-2-4-9(16)5-3-8;1-9(2)10(3,4)16-13(15-9)14-17-11(5,6)12(7,8)18-14;1-12-7-3-2-6(9)5(4-11)8(7)10;1-10-7-3-2-5(8)4-6(7)9;7-6-4-2-1-3-5-6;;/h6-11H,1-5H3;9-10,12H,8,11H2,1-7H3;2-7,14,18H,1H3;2-7H,1H3;1-8H3;2-4H,1H3;2-4H,1H3;2-5H;1H;/q;;;;;;;-1;;+2/p-1/t;12-,25-;;;;;;;;/m.1......../s1. The molecule has 40 heteroatoms. The average molecular weight is 2360 g/mol. The zero-order chi connectivity index (χ0) is 103. The molecule has 9 aromatic carbocycles. The Morgan fingerprint density at radius 1 is 0.489 bits per heavy atom. The maximum Gasteiger partial charge on any atom is 2.00 e. The fourth-order valence-electron chi connectivity index (χ4n) is 12.3. The molecule has 10 aromatic rings. The van der Waals surface area contributed by atoms with Crippen LogP contribution >= 0.6 is 79.6 Å². The number of aldehydes is 1. The molecular formula is C99H109B3Br6F9MgNO19S. The first kappa shape index (κ1) is 124. The molecule has 1 aromatic heterocycles. The second-order valence-electron chi connectivity index (χ2n) is 35.7. The number of aliphatic hydroxyl groups excluding tert-OH is 1. The van der Waals surface area contributed by atoms with Gasteiger partial charge in [0.05, 0.1) is 92.3 Å². The Balaban J connectivity index is 0.000000339. The molecule has 0 saturated carbocycles. The number of ketones is 2. The molecule has 0 bridgehead atoms. The minimum atomic E-state index is -1.20. The van der Waals surface area contributed by atoms with Crippen molar-refractivity contribution in [3.63, 3.8) is 0 Å². The van der Waals surface area contributed by atoms with Crippen LogP contribution in [0.25, 0.3) is 0 Å². The normalized spacial score (nSPS) is 15.3. The van der Waals surface area contributed by atoms with Crippen molar-refractivity contribution in [2.45, 2.75) is 187 Å². The molecule has 0 amide bonds. The summed E-state index contributed by atoms with van der Waals surface area (Å²) < 4.78 is 202. The minimum Gasteiger partial charge on any atom is -1.00 e. The van der Waals surface area contributed by atoms with Gasteiger partial charge in [-0.15, -0.1) is 12.1 Å². The molecule has 3 aliphatic heterocycles. The van der Waals surface area contributed by atoms with E-state index in [0.717, 1.165) is 24.3 Å². The van der Waals surface area contributed by atoms with Crippen LogP contribution in [0, 0.1) is 58.4 Å². The SMILES string of the molecule is CC1(C)OB(B2OC(C)(C)C(C)(C)O2)OC1(C)C.COc1ccc(B2OC(C)(C)C(C)(C)O2)c(C(=O)c2ccc(F)cc2)c1F.COc1ccc(Br)c(C(=O)c2ccc(F)cc2)c1F.COc1ccc(Br)c(C(O)c2ccc(F)cc2)c1F.COc1ccc(Br)c(C=O)c1F.COc1ccc(Br)cc1F.Cn1cc(Br)c([C@H](CC(=O)OC(C)(C)C)C[S@@](=O)C(C)(C)C)cc1=O.Fc1cc[c-]cc1.[Br-].[Mg+2]. The van der Waals surface area contributed by atoms with Gasteiger partial charge in [0.1, 0.15) is 29.2 Å². The van der Waals surface area contributed by atoms with E-state index in [4.69, 9.17) is 51.6 Å². The summed E-state index contributed by atoms with van der Waals surface area (Å²) in [6.45, 7) is 34.8. The predicted octanol–water partition coefficient (Wildman–Crippen LogP) is 20.3. The first-order chi connectivity index (χ1) is 63.6. The summed E-state index contributed by atoms with van der Waals surface area (Å²) >= 11 is 16.0. The zero-order valence-electron chi connectivity index (χ0n) is 81.1. The molecule has 4 heterocycles. The van der Waals surface area contributed by atoms with Crippen LogP contribution in [0.1, 0.15) is 202 Å². The summed E-state index contributed by atoms with van der Waals surface area (Å²) in [4.78, 5) is 60.0. The van der Waals surface area contributed by atoms with Gasteiger partial charge in [0.2, 0.25) is 0 Å². The number of methoxy groups -OCH3 is 5. The third-order valence-corrected chi connectivity index (χ3v) is 27.4. The number of hydrogen-bond donors (Lipinski definition) is 1. The number of rotatable bonds is 19. The van der Waals surface area contributed by atoms with Gasteiger partial charge in [-0.05, 0) is 310 Å². The molecule has 746 valence electrons. The molecule has 3 saturated heterocycles. The van der Waals surface area contributed by atoms with E-state index in [2.05, 4.69) is 90.5 Å². The summed E-state index contributed by atoms with van der Waals surface area (Å²) in [5.74, 6) is -6.04. The first-order valence-corrected chi connectivity index (χ1v) is 47.4. The number of aliphatic hydroxyl groups is 1. The van der Waals surface area contributed by atoms with Gasteiger partial charge in [-0.1, -0.05) is 50.1 Å². The number of benzene rings is 9. The van der Waals surface area contributed by atoms with Gasteiger partial charge in [0, 0.05) is 91.4 Å².